The lowest BCUT2D eigenvalue weighted by atomic mass is 9.80. The Labute approximate surface area is 386 Å². The number of methoxy groups -OCH3 is 2. The number of carbonyl (C=O) groups excluding carboxylic acids is 1. The van der Waals surface area contributed by atoms with Crippen molar-refractivity contribution in [3.05, 3.63) is 144 Å². The van der Waals surface area contributed by atoms with Crippen LogP contribution < -0.4 is 14.8 Å². The topological polar surface area (TPSA) is 164 Å². The number of nitrogens with one attached hydrogen (secondary N) is 1. The number of nitriles is 1. The van der Waals surface area contributed by atoms with Gasteiger partial charge in [0, 0.05) is 17.6 Å². The number of carbonyl (C=O) groups is 1. The molecule has 2 aromatic heterocycles. The quantitative estimate of drug-likeness (QED) is 0.0316. The van der Waals surface area contributed by atoms with E-state index in [1.54, 1.807) is 49.4 Å². The normalized spacial score (nSPS) is 17.7. The Morgan fingerprint density at radius 3 is 2.05 bits per heavy atom. The van der Waals surface area contributed by atoms with Crippen LogP contribution >= 0.6 is 8.53 Å². The maximum Gasteiger partial charge on any atom is 0.259 e. The van der Waals surface area contributed by atoms with E-state index in [2.05, 4.69) is 64.6 Å². The third-order valence-corrected chi connectivity index (χ3v) is 13.2. The fraction of sp³-hybridized carbons (Fsp3) is 0.340. The summed E-state index contributed by atoms with van der Waals surface area (Å²) in [5.74, 6) is 3.84. The number of hydrogen-bond donors (Lipinski definition) is 1. The van der Waals surface area contributed by atoms with Gasteiger partial charge in [0.2, 0.25) is 0 Å². The van der Waals surface area contributed by atoms with E-state index in [1.165, 1.54) is 6.33 Å². The van der Waals surface area contributed by atoms with Crippen molar-refractivity contribution in [2.75, 3.05) is 39.4 Å². The largest absolute Gasteiger partial charge is 0.497 e. The van der Waals surface area contributed by atoms with Crippen LogP contribution in [0.2, 0.25) is 0 Å². The maximum absolute atomic E-state index is 13.3. The fourth-order valence-electron chi connectivity index (χ4n) is 8.09. The smallest absolute Gasteiger partial charge is 0.259 e. The third kappa shape index (κ3) is 10.4. The van der Waals surface area contributed by atoms with Crippen molar-refractivity contribution in [2.45, 2.75) is 76.3 Å². The molecule has 1 aliphatic heterocycles. The number of aromatic nitrogens is 4. The molecule has 66 heavy (non-hydrogen) atoms. The van der Waals surface area contributed by atoms with Gasteiger partial charge in [-0.15, -0.1) is 6.42 Å². The number of hydrogen-bond acceptors (Lipinski definition) is 13. The molecule has 342 valence electrons. The first-order chi connectivity index (χ1) is 32.1. The molecule has 7 rings (SSSR count). The number of rotatable bonds is 21. The van der Waals surface area contributed by atoms with Crippen LogP contribution in [0.5, 0.6) is 11.5 Å². The number of amides is 1. The summed E-state index contributed by atoms with van der Waals surface area (Å²) in [6.07, 6.45) is 5.40. The van der Waals surface area contributed by atoms with E-state index in [0.717, 1.165) is 16.7 Å². The van der Waals surface area contributed by atoms with E-state index in [1.807, 2.05) is 84.9 Å². The van der Waals surface area contributed by atoms with Gasteiger partial charge in [0.25, 0.3) is 14.4 Å². The first-order valence-corrected chi connectivity index (χ1v) is 22.7. The number of imidazole rings is 1. The van der Waals surface area contributed by atoms with Crippen molar-refractivity contribution >= 4 is 31.4 Å². The highest BCUT2D eigenvalue weighted by molar-refractivity contribution is 7.44. The minimum Gasteiger partial charge on any atom is -0.497 e. The minimum absolute atomic E-state index is 0.00854. The van der Waals surface area contributed by atoms with E-state index in [-0.39, 0.29) is 50.1 Å². The van der Waals surface area contributed by atoms with Crippen molar-refractivity contribution in [3.8, 4) is 29.9 Å². The maximum atomic E-state index is 13.3. The van der Waals surface area contributed by atoms with Crippen LogP contribution in [-0.4, -0.2) is 94.5 Å². The Kier molecular flexibility index (Phi) is 16.1. The second-order valence-corrected chi connectivity index (χ2v) is 17.2. The van der Waals surface area contributed by atoms with Crippen LogP contribution in [0.15, 0.2) is 122 Å². The van der Waals surface area contributed by atoms with Crippen LogP contribution in [0.3, 0.4) is 0 Å². The first kappa shape index (κ1) is 47.7. The lowest BCUT2D eigenvalue weighted by Crippen LogP contribution is -2.43. The lowest BCUT2D eigenvalue weighted by Gasteiger charge is -2.39. The summed E-state index contributed by atoms with van der Waals surface area (Å²) in [5, 5.41) is 12.4. The van der Waals surface area contributed by atoms with E-state index in [0.29, 0.717) is 28.2 Å². The zero-order valence-electron chi connectivity index (χ0n) is 37.8. The molecule has 1 aliphatic rings. The van der Waals surface area contributed by atoms with Crippen LogP contribution in [0, 0.1) is 23.7 Å². The minimum atomic E-state index is -1.83. The van der Waals surface area contributed by atoms with Gasteiger partial charge in [-0.05, 0) is 80.8 Å². The van der Waals surface area contributed by atoms with Crippen molar-refractivity contribution in [2.24, 2.45) is 0 Å². The van der Waals surface area contributed by atoms with Gasteiger partial charge in [-0.3, -0.25) is 9.36 Å². The van der Waals surface area contributed by atoms with Gasteiger partial charge in [0.15, 0.2) is 23.2 Å². The Balaban J connectivity index is 1.35. The number of anilines is 1. The van der Waals surface area contributed by atoms with Crippen molar-refractivity contribution in [1.29, 1.82) is 5.26 Å². The molecule has 16 heteroatoms. The highest BCUT2D eigenvalue weighted by Gasteiger charge is 2.52. The molecule has 6 aromatic rings. The second kappa shape index (κ2) is 22.3. The zero-order chi connectivity index (χ0) is 46.6. The molecular weight excluding hydrogens is 858 g/mol. The predicted molar refractivity (Wildman–Crippen MR) is 251 cm³/mol. The molecule has 1 N–H and O–H groups in total. The number of nitrogens with zero attached hydrogens (tertiary/aromatic N) is 6. The van der Waals surface area contributed by atoms with Gasteiger partial charge in [0.1, 0.15) is 48.3 Å². The summed E-state index contributed by atoms with van der Waals surface area (Å²) in [4.78, 5) is 27.0. The predicted octanol–water partition coefficient (Wildman–Crippen LogP) is 8.68. The zero-order valence-corrected chi connectivity index (χ0v) is 38.7. The van der Waals surface area contributed by atoms with Gasteiger partial charge >= 0.3 is 0 Å². The molecule has 0 bridgehead atoms. The fourth-order valence-corrected chi connectivity index (χ4v) is 9.86. The van der Waals surface area contributed by atoms with E-state index < -0.39 is 38.7 Å². The summed E-state index contributed by atoms with van der Waals surface area (Å²) in [7, 11) is 1.42. The number of terminal acetylenes is 1. The molecule has 1 saturated heterocycles. The van der Waals surface area contributed by atoms with Crippen LogP contribution in [0.4, 0.5) is 5.82 Å². The molecule has 0 aliphatic carbocycles. The molecule has 4 aromatic carbocycles. The molecule has 15 nitrogen and oxygen atoms in total. The van der Waals surface area contributed by atoms with E-state index in [9.17, 15) is 10.1 Å². The molecule has 2 unspecified atom stereocenters. The third-order valence-electron chi connectivity index (χ3n) is 11.1. The average Bonchev–Trinajstić information content (AvgIpc) is 3.93. The Morgan fingerprint density at radius 2 is 1.47 bits per heavy atom. The summed E-state index contributed by atoms with van der Waals surface area (Å²) in [6, 6.07) is 36.5. The molecule has 1 fully saturated rings. The Morgan fingerprint density at radius 1 is 0.864 bits per heavy atom. The monoisotopic (exact) mass is 911 g/mol. The summed E-state index contributed by atoms with van der Waals surface area (Å²) in [6.45, 7) is 8.27. The molecular formula is C50H54N7O8P. The molecule has 0 spiro atoms. The molecule has 1 amide bonds. The molecule has 3 heterocycles. The van der Waals surface area contributed by atoms with Gasteiger partial charge in [-0.25, -0.2) is 19.6 Å². The van der Waals surface area contributed by atoms with Crippen LogP contribution in [0.1, 0.15) is 67.4 Å². The summed E-state index contributed by atoms with van der Waals surface area (Å²) < 4.78 is 49.8. The standard InChI is InChI=1S/C50H54N7O8P/c1-8-29-61-45-44(65-66(63-30-15-28-51)57(34(2)3)35(4)5)42(64-49(45)56-33-54-43-46(52-32-53-47(43)56)55-48(58)36-16-11-9-12-17-36)31-62-50(37-18-13-10-14-19-37,38-20-24-40(59-6)25-21-38)39-22-26-41(60-7)27-23-39/h1,9-14,16-27,32-35,42,44-45,49H,15,29-31H2,2-7H3,(H,52,53,55,58)/t42-,44?,45+,49-,66?/m1/s1. The second-order valence-electron chi connectivity index (χ2n) is 15.8. The van der Waals surface area contributed by atoms with Gasteiger partial charge in [-0.2, -0.15) is 5.26 Å². The Hall–Kier alpha value is -6.26. The number of benzene rings is 4. The highest BCUT2D eigenvalue weighted by Crippen LogP contribution is 2.51. The van der Waals surface area contributed by atoms with Crippen molar-refractivity contribution < 1.29 is 37.5 Å². The summed E-state index contributed by atoms with van der Waals surface area (Å²) in [5.41, 5.74) is 2.42. The average molecular weight is 912 g/mol. The van der Waals surface area contributed by atoms with Crippen molar-refractivity contribution in [1.82, 2.24) is 24.2 Å². The SMILES string of the molecule is C#CCO[C@H]1C(OP(OCCC#N)N(C(C)C)C(C)C)[C@@H](COC(c2ccccc2)(c2ccc(OC)cc2)c2ccc(OC)cc2)O[C@H]1n1cnc2c(NC(=O)c3ccccc3)ncnc21. The van der Waals surface area contributed by atoms with Crippen LogP contribution in [0.25, 0.3) is 11.2 Å². The molecule has 5 atom stereocenters. The lowest BCUT2D eigenvalue weighted by molar-refractivity contribution is -0.0944. The Bertz CT molecular complexity index is 2530. The van der Waals surface area contributed by atoms with Gasteiger partial charge in [0.05, 0.1) is 46.3 Å². The van der Waals surface area contributed by atoms with Gasteiger partial charge in [-0.1, -0.05) is 78.7 Å². The first-order valence-electron chi connectivity index (χ1n) is 21.6. The number of ether oxygens (including phenoxy) is 5. The number of fused-ring (bicyclic) bond motifs is 1. The van der Waals surface area contributed by atoms with Crippen molar-refractivity contribution in [3.63, 3.8) is 0 Å². The molecule has 0 radical (unpaired) electrons. The van der Waals surface area contributed by atoms with E-state index >= 15 is 0 Å². The summed E-state index contributed by atoms with van der Waals surface area (Å²) >= 11 is 0. The molecule has 0 saturated carbocycles. The van der Waals surface area contributed by atoms with E-state index in [4.69, 9.17) is 39.2 Å². The van der Waals surface area contributed by atoms with Crippen LogP contribution in [-0.2, 0) is 28.9 Å². The van der Waals surface area contributed by atoms with Gasteiger partial charge < -0.3 is 38.0 Å². The highest BCUT2D eigenvalue weighted by atomic mass is 31.2.